The molecule has 2 amide bonds. The Hall–Kier alpha value is -2.40. The Bertz CT molecular complexity index is 872. The third kappa shape index (κ3) is 4.22. The minimum atomic E-state index is 0.0270. The first-order chi connectivity index (χ1) is 14.8. The maximum Gasteiger partial charge on any atom is 0.321 e. The molecule has 1 N–H and O–H groups in total. The van der Waals surface area contributed by atoms with Gasteiger partial charge in [0.25, 0.3) is 0 Å². The van der Waals surface area contributed by atoms with Gasteiger partial charge in [-0.25, -0.2) is 4.79 Å². The van der Waals surface area contributed by atoms with E-state index in [0.29, 0.717) is 5.92 Å². The monoisotopic (exact) mass is 404 g/mol. The molecule has 0 unspecified atom stereocenters. The number of carbonyl (C=O) groups is 1. The highest BCUT2D eigenvalue weighted by molar-refractivity contribution is 5.89. The Morgan fingerprint density at radius 1 is 0.933 bits per heavy atom. The number of hydrogen-bond donors (Lipinski definition) is 1. The van der Waals surface area contributed by atoms with Crippen LogP contribution in [0.25, 0.3) is 0 Å². The van der Waals surface area contributed by atoms with Crippen molar-refractivity contribution in [2.45, 2.75) is 56.9 Å². The van der Waals surface area contributed by atoms with Gasteiger partial charge >= 0.3 is 6.03 Å². The fourth-order valence-electron chi connectivity index (χ4n) is 5.14. The van der Waals surface area contributed by atoms with Crippen LogP contribution in [0, 0.1) is 0 Å². The first-order valence-corrected chi connectivity index (χ1v) is 11.6. The summed E-state index contributed by atoms with van der Waals surface area (Å²) in [4.78, 5) is 21.9. The smallest absolute Gasteiger partial charge is 0.321 e. The molecule has 2 aromatic rings. The summed E-state index contributed by atoms with van der Waals surface area (Å²) in [7, 11) is 0. The topological polar surface area (TPSA) is 48.5 Å². The number of nitrogens with one attached hydrogen (secondary N) is 1. The van der Waals surface area contributed by atoms with Gasteiger partial charge in [0.2, 0.25) is 0 Å². The van der Waals surface area contributed by atoms with Gasteiger partial charge in [-0.15, -0.1) is 0 Å². The van der Waals surface area contributed by atoms with Gasteiger partial charge in [-0.2, -0.15) is 0 Å². The van der Waals surface area contributed by atoms with Crippen LogP contribution in [0.2, 0.25) is 0 Å². The number of benzene rings is 1. The van der Waals surface area contributed by atoms with E-state index in [4.69, 9.17) is 0 Å². The van der Waals surface area contributed by atoms with E-state index >= 15 is 0 Å². The summed E-state index contributed by atoms with van der Waals surface area (Å²) in [6.45, 7) is 3.90. The van der Waals surface area contributed by atoms with Crippen LogP contribution in [-0.4, -0.2) is 53.0 Å². The van der Waals surface area contributed by atoms with Crippen molar-refractivity contribution >= 4 is 11.7 Å². The first-order valence-electron chi connectivity index (χ1n) is 11.6. The summed E-state index contributed by atoms with van der Waals surface area (Å²) in [5.74, 6) is 0.460. The summed E-state index contributed by atoms with van der Waals surface area (Å²) < 4.78 is 0. The molecular formula is C25H32N4O. The van der Waals surface area contributed by atoms with Crippen molar-refractivity contribution in [3.63, 3.8) is 0 Å². The zero-order chi connectivity index (χ0) is 20.3. The van der Waals surface area contributed by atoms with E-state index in [1.54, 1.807) is 0 Å². The molecule has 3 heterocycles. The fraction of sp³-hybridized carbons (Fsp3) is 0.520. The Morgan fingerprint density at radius 2 is 1.73 bits per heavy atom. The normalized spacial score (nSPS) is 20.9. The van der Waals surface area contributed by atoms with Crippen molar-refractivity contribution < 1.29 is 4.79 Å². The Labute approximate surface area is 179 Å². The molecule has 30 heavy (non-hydrogen) atoms. The van der Waals surface area contributed by atoms with Crippen LogP contribution in [0.15, 0.2) is 42.6 Å². The van der Waals surface area contributed by atoms with Gasteiger partial charge in [-0.05, 0) is 73.9 Å². The molecule has 5 nitrogen and oxygen atoms in total. The molecular weight excluding hydrogens is 372 g/mol. The van der Waals surface area contributed by atoms with Crippen LogP contribution in [0.3, 0.4) is 0 Å². The average molecular weight is 405 g/mol. The SMILES string of the molecule is O=C(Nc1ccc2c(c1)CCN(C1CCC1)CC2)N1CCC(c2ccccn2)CC1. The lowest BCUT2D eigenvalue weighted by Gasteiger charge is -2.36. The van der Waals surface area contributed by atoms with E-state index in [0.717, 1.165) is 62.7 Å². The van der Waals surface area contributed by atoms with Gasteiger partial charge in [-0.1, -0.05) is 18.6 Å². The number of nitrogens with zero attached hydrogens (tertiary/aromatic N) is 3. The number of rotatable bonds is 3. The number of likely N-dealkylation sites (tertiary alicyclic amines) is 1. The molecule has 2 aliphatic heterocycles. The Morgan fingerprint density at radius 3 is 2.43 bits per heavy atom. The average Bonchev–Trinajstić information content (AvgIpc) is 2.96. The van der Waals surface area contributed by atoms with Crippen molar-refractivity contribution in [3.8, 4) is 0 Å². The third-order valence-corrected chi connectivity index (χ3v) is 7.27. The molecule has 0 atom stereocenters. The molecule has 158 valence electrons. The van der Waals surface area contributed by atoms with Gasteiger partial charge < -0.3 is 10.2 Å². The summed E-state index contributed by atoms with van der Waals surface area (Å²) in [5, 5.41) is 3.15. The van der Waals surface area contributed by atoms with Gasteiger partial charge in [0, 0.05) is 55.7 Å². The number of aromatic nitrogens is 1. The van der Waals surface area contributed by atoms with Crippen LogP contribution < -0.4 is 5.32 Å². The van der Waals surface area contributed by atoms with Gasteiger partial charge in [0.15, 0.2) is 0 Å². The molecule has 1 aliphatic carbocycles. The van der Waals surface area contributed by atoms with Crippen LogP contribution in [-0.2, 0) is 12.8 Å². The second kappa shape index (κ2) is 8.76. The first kappa shape index (κ1) is 19.6. The zero-order valence-electron chi connectivity index (χ0n) is 17.7. The highest BCUT2D eigenvalue weighted by Crippen LogP contribution is 2.29. The van der Waals surface area contributed by atoms with E-state index < -0.39 is 0 Å². The van der Waals surface area contributed by atoms with Crippen LogP contribution in [0.1, 0.15) is 54.8 Å². The van der Waals surface area contributed by atoms with Crippen molar-refractivity contribution in [2.24, 2.45) is 0 Å². The van der Waals surface area contributed by atoms with Crippen molar-refractivity contribution in [3.05, 3.63) is 59.4 Å². The molecule has 0 bridgehead atoms. The predicted molar refractivity (Wildman–Crippen MR) is 120 cm³/mol. The lowest BCUT2D eigenvalue weighted by molar-refractivity contribution is 0.133. The highest BCUT2D eigenvalue weighted by Gasteiger charge is 2.27. The van der Waals surface area contributed by atoms with Gasteiger partial charge in [0.1, 0.15) is 0 Å². The largest absolute Gasteiger partial charge is 0.324 e. The quantitative estimate of drug-likeness (QED) is 0.822. The maximum atomic E-state index is 12.8. The number of fused-ring (bicyclic) bond motifs is 1. The Kier molecular flexibility index (Phi) is 5.71. The summed E-state index contributed by atoms with van der Waals surface area (Å²) in [5.41, 5.74) is 4.94. The molecule has 0 spiro atoms. The lowest BCUT2D eigenvalue weighted by atomic mass is 9.91. The van der Waals surface area contributed by atoms with Gasteiger partial charge in [0.05, 0.1) is 0 Å². The molecule has 1 aromatic heterocycles. The van der Waals surface area contributed by atoms with Gasteiger partial charge in [-0.3, -0.25) is 9.88 Å². The van der Waals surface area contributed by atoms with E-state index in [1.165, 1.54) is 36.9 Å². The van der Waals surface area contributed by atoms with E-state index in [9.17, 15) is 4.79 Å². The fourth-order valence-corrected chi connectivity index (χ4v) is 5.14. The molecule has 5 rings (SSSR count). The van der Waals surface area contributed by atoms with Crippen molar-refractivity contribution in [2.75, 3.05) is 31.5 Å². The number of carbonyl (C=O) groups excluding carboxylic acids is 1. The second-order valence-electron chi connectivity index (χ2n) is 9.05. The maximum absolute atomic E-state index is 12.8. The minimum Gasteiger partial charge on any atom is -0.324 e. The minimum absolute atomic E-state index is 0.0270. The molecule has 0 radical (unpaired) electrons. The molecule has 3 aliphatic rings. The van der Waals surface area contributed by atoms with Crippen molar-refractivity contribution in [1.82, 2.24) is 14.8 Å². The molecule has 5 heteroatoms. The molecule has 1 aromatic carbocycles. The number of hydrogen-bond acceptors (Lipinski definition) is 3. The van der Waals surface area contributed by atoms with E-state index in [-0.39, 0.29) is 6.03 Å². The number of pyridine rings is 1. The Balaban J connectivity index is 1.17. The number of urea groups is 1. The number of anilines is 1. The van der Waals surface area contributed by atoms with Crippen LogP contribution >= 0.6 is 0 Å². The molecule has 2 fully saturated rings. The van der Waals surface area contributed by atoms with E-state index in [2.05, 4.69) is 39.5 Å². The summed E-state index contributed by atoms with van der Waals surface area (Å²) in [6, 6.07) is 13.5. The summed E-state index contributed by atoms with van der Waals surface area (Å²) in [6.07, 6.45) is 10.2. The van der Waals surface area contributed by atoms with Crippen molar-refractivity contribution in [1.29, 1.82) is 0 Å². The lowest BCUT2D eigenvalue weighted by Crippen LogP contribution is -2.41. The van der Waals surface area contributed by atoms with E-state index in [1.807, 2.05) is 23.2 Å². The number of piperidine rings is 1. The summed E-state index contributed by atoms with van der Waals surface area (Å²) >= 11 is 0. The predicted octanol–water partition coefficient (Wildman–Crippen LogP) is 4.45. The molecule has 1 saturated heterocycles. The second-order valence-corrected chi connectivity index (χ2v) is 9.05. The zero-order valence-corrected chi connectivity index (χ0v) is 17.7. The van der Waals surface area contributed by atoms with Crippen LogP contribution in [0.4, 0.5) is 10.5 Å². The van der Waals surface area contributed by atoms with Crippen LogP contribution in [0.5, 0.6) is 0 Å². The highest BCUT2D eigenvalue weighted by atomic mass is 16.2. The number of amides is 2. The third-order valence-electron chi connectivity index (χ3n) is 7.27. The molecule has 1 saturated carbocycles. The standard InChI is InChI=1S/C25H32N4O/c30-25(29-16-10-20(11-17-29)24-6-1-2-13-26-24)27-22-8-7-19-9-14-28(23-4-3-5-23)15-12-21(19)18-22/h1-2,6-8,13,18,20,23H,3-5,9-12,14-17H2,(H,27,30).